The standard InChI is InChI=1S/C19H24N2O4S/c1-13-5-6-14(2)18(11-13)20-19(22)16-7-9-17(10-8-16)26(23,24)21-15(3)12-25-4/h5-11,15,21H,12H2,1-4H3,(H,20,22)/t15-/m1/s1. The molecule has 2 aromatic rings. The van der Waals surface area contributed by atoms with Gasteiger partial charge in [-0.15, -0.1) is 0 Å². The van der Waals surface area contributed by atoms with Crippen molar-refractivity contribution in [3.05, 3.63) is 59.2 Å². The van der Waals surface area contributed by atoms with Crippen molar-refractivity contribution in [2.75, 3.05) is 19.0 Å². The number of methoxy groups -OCH3 is 1. The monoisotopic (exact) mass is 376 g/mol. The van der Waals surface area contributed by atoms with Gasteiger partial charge in [-0.3, -0.25) is 4.79 Å². The van der Waals surface area contributed by atoms with Crippen molar-refractivity contribution in [2.45, 2.75) is 31.7 Å². The second-order valence-electron chi connectivity index (χ2n) is 6.27. The summed E-state index contributed by atoms with van der Waals surface area (Å²) in [5.74, 6) is -0.289. The van der Waals surface area contributed by atoms with Crippen LogP contribution in [0.3, 0.4) is 0 Å². The topological polar surface area (TPSA) is 84.5 Å². The van der Waals surface area contributed by atoms with Gasteiger partial charge < -0.3 is 10.1 Å². The molecule has 7 heteroatoms. The molecular weight excluding hydrogens is 352 g/mol. The third-order valence-electron chi connectivity index (χ3n) is 3.84. The van der Waals surface area contributed by atoms with Crippen LogP contribution in [0.5, 0.6) is 0 Å². The molecule has 0 aliphatic heterocycles. The molecule has 0 heterocycles. The van der Waals surface area contributed by atoms with Gasteiger partial charge in [0.2, 0.25) is 10.0 Å². The van der Waals surface area contributed by atoms with Crippen LogP contribution in [0.15, 0.2) is 47.4 Å². The van der Waals surface area contributed by atoms with Gasteiger partial charge in [-0.2, -0.15) is 0 Å². The van der Waals surface area contributed by atoms with Crippen molar-refractivity contribution in [3.63, 3.8) is 0 Å². The molecule has 0 aliphatic rings. The molecule has 0 saturated heterocycles. The second-order valence-corrected chi connectivity index (χ2v) is 7.99. The van der Waals surface area contributed by atoms with Crippen LogP contribution < -0.4 is 10.0 Å². The maximum absolute atomic E-state index is 12.4. The largest absolute Gasteiger partial charge is 0.383 e. The fourth-order valence-corrected chi connectivity index (χ4v) is 3.70. The van der Waals surface area contributed by atoms with Crippen molar-refractivity contribution in [3.8, 4) is 0 Å². The zero-order chi connectivity index (χ0) is 19.3. The van der Waals surface area contributed by atoms with Crippen LogP contribution in [0.4, 0.5) is 5.69 Å². The van der Waals surface area contributed by atoms with Crippen molar-refractivity contribution in [1.29, 1.82) is 0 Å². The molecule has 0 unspecified atom stereocenters. The molecule has 2 N–H and O–H groups in total. The van der Waals surface area contributed by atoms with Crippen molar-refractivity contribution >= 4 is 21.6 Å². The summed E-state index contributed by atoms with van der Waals surface area (Å²) < 4.78 is 32.1. The van der Waals surface area contributed by atoms with Crippen LogP contribution in [0.2, 0.25) is 0 Å². The van der Waals surface area contributed by atoms with Gasteiger partial charge in [0.05, 0.1) is 11.5 Å². The second kappa shape index (κ2) is 8.44. The average molecular weight is 376 g/mol. The predicted octanol–water partition coefficient (Wildman–Crippen LogP) is 2.87. The number of nitrogens with one attached hydrogen (secondary N) is 2. The molecule has 140 valence electrons. The van der Waals surface area contributed by atoms with Gasteiger partial charge in [0, 0.05) is 24.4 Å². The third-order valence-corrected chi connectivity index (χ3v) is 5.45. The number of amides is 1. The van der Waals surface area contributed by atoms with E-state index in [0.29, 0.717) is 5.56 Å². The zero-order valence-electron chi connectivity index (χ0n) is 15.4. The molecule has 0 aliphatic carbocycles. The highest BCUT2D eigenvalue weighted by Gasteiger charge is 2.18. The lowest BCUT2D eigenvalue weighted by atomic mass is 10.1. The fourth-order valence-electron chi connectivity index (χ4n) is 2.47. The number of carbonyl (C=O) groups excluding carboxylic acids is 1. The molecule has 0 saturated carbocycles. The molecular formula is C19H24N2O4S. The summed E-state index contributed by atoms with van der Waals surface area (Å²) >= 11 is 0. The van der Waals surface area contributed by atoms with Crippen molar-refractivity contribution in [1.82, 2.24) is 4.72 Å². The van der Waals surface area contributed by atoms with Crippen LogP contribution >= 0.6 is 0 Å². The first-order valence-corrected chi connectivity index (χ1v) is 9.71. The van der Waals surface area contributed by atoms with Crippen LogP contribution in [0, 0.1) is 13.8 Å². The number of aryl methyl sites for hydroxylation is 2. The summed E-state index contributed by atoms with van der Waals surface area (Å²) in [6, 6.07) is 11.3. The summed E-state index contributed by atoms with van der Waals surface area (Å²) in [5, 5.41) is 2.85. The lowest BCUT2D eigenvalue weighted by Gasteiger charge is -2.13. The Hall–Kier alpha value is -2.22. The number of anilines is 1. The van der Waals surface area contributed by atoms with Crippen molar-refractivity contribution in [2.24, 2.45) is 0 Å². The van der Waals surface area contributed by atoms with Crippen LogP contribution in [0.25, 0.3) is 0 Å². The molecule has 0 fully saturated rings. The molecule has 0 bridgehead atoms. The van der Waals surface area contributed by atoms with E-state index in [0.717, 1.165) is 16.8 Å². The van der Waals surface area contributed by atoms with Gasteiger partial charge in [0.25, 0.3) is 5.91 Å². The molecule has 0 spiro atoms. The van der Waals surface area contributed by atoms with Gasteiger partial charge in [-0.05, 0) is 62.2 Å². The lowest BCUT2D eigenvalue weighted by molar-refractivity contribution is 0.102. The first kappa shape index (κ1) is 20.1. The molecule has 1 atom stereocenters. The number of hydrogen-bond acceptors (Lipinski definition) is 4. The maximum atomic E-state index is 12.4. The Morgan fingerprint density at radius 2 is 1.77 bits per heavy atom. The number of sulfonamides is 1. The Bertz CT molecular complexity index is 877. The average Bonchev–Trinajstić information content (AvgIpc) is 2.58. The number of rotatable bonds is 7. The van der Waals surface area contributed by atoms with Gasteiger partial charge in [-0.1, -0.05) is 12.1 Å². The summed E-state index contributed by atoms with van der Waals surface area (Å²) in [6.07, 6.45) is 0. The number of benzene rings is 2. The van der Waals surface area contributed by atoms with E-state index in [1.54, 1.807) is 6.92 Å². The normalized spacial score (nSPS) is 12.6. The Labute approximate surface area is 154 Å². The smallest absolute Gasteiger partial charge is 0.255 e. The molecule has 2 aromatic carbocycles. The van der Waals surface area contributed by atoms with E-state index in [2.05, 4.69) is 10.0 Å². The van der Waals surface area contributed by atoms with E-state index in [9.17, 15) is 13.2 Å². The molecule has 26 heavy (non-hydrogen) atoms. The minimum absolute atomic E-state index is 0.101. The Balaban J connectivity index is 2.13. The highest BCUT2D eigenvalue weighted by atomic mass is 32.2. The lowest BCUT2D eigenvalue weighted by Crippen LogP contribution is -2.35. The number of hydrogen-bond donors (Lipinski definition) is 2. The fraction of sp³-hybridized carbons (Fsp3) is 0.316. The quantitative estimate of drug-likeness (QED) is 0.778. The maximum Gasteiger partial charge on any atom is 0.255 e. The third kappa shape index (κ3) is 5.14. The Morgan fingerprint density at radius 1 is 1.12 bits per heavy atom. The van der Waals surface area contributed by atoms with Gasteiger partial charge >= 0.3 is 0 Å². The van der Waals surface area contributed by atoms with Gasteiger partial charge in [0.1, 0.15) is 0 Å². The van der Waals surface area contributed by atoms with E-state index in [4.69, 9.17) is 4.74 Å². The summed E-state index contributed by atoms with van der Waals surface area (Å²) in [6.45, 7) is 5.85. The summed E-state index contributed by atoms with van der Waals surface area (Å²) in [4.78, 5) is 12.5. The van der Waals surface area contributed by atoms with E-state index < -0.39 is 10.0 Å². The Morgan fingerprint density at radius 3 is 2.38 bits per heavy atom. The highest BCUT2D eigenvalue weighted by molar-refractivity contribution is 7.89. The summed E-state index contributed by atoms with van der Waals surface area (Å²) in [7, 11) is -2.15. The molecule has 0 aromatic heterocycles. The first-order valence-electron chi connectivity index (χ1n) is 8.23. The Kier molecular flexibility index (Phi) is 6.52. The van der Waals surface area contributed by atoms with E-state index in [1.165, 1.54) is 31.4 Å². The van der Waals surface area contributed by atoms with Crippen molar-refractivity contribution < 1.29 is 17.9 Å². The van der Waals surface area contributed by atoms with Crippen LogP contribution in [-0.4, -0.2) is 34.1 Å². The minimum atomic E-state index is -3.66. The zero-order valence-corrected chi connectivity index (χ0v) is 16.2. The van der Waals surface area contributed by atoms with E-state index in [-0.39, 0.29) is 23.5 Å². The number of carbonyl (C=O) groups is 1. The van der Waals surface area contributed by atoms with Crippen LogP contribution in [0.1, 0.15) is 28.4 Å². The SMILES string of the molecule is COC[C@@H](C)NS(=O)(=O)c1ccc(C(=O)Nc2cc(C)ccc2C)cc1. The molecule has 1 amide bonds. The molecule has 0 radical (unpaired) electrons. The molecule has 2 rings (SSSR count). The molecule has 6 nitrogen and oxygen atoms in total. The highest BCUT2D eigenvalue weighted by Crippen LogP contribution is 2.18. The summed E-state index contributed by atoms with van der Waals surface area (Å²) in [5.41, 5.74) is 3.12. The minimum Gasteiger partial charge on any atom is -0.383 e. The van der Waals surface area contributed by atoms with E-state index in [1.807, 2.05) is 32.0 Å². The number of ether oxygens (including phenoxy) is 1. The van der Waals surface area contributed by atoms with Gasteiger partial charge in [0.15, 0.2) is 0 Å². The predicted molar refractivity (Wildman–Crippen MR) is 102 cm³/mol. The van der Waals surface area contributed by atoms with Crippen LogP contribution in [-0.2, 0) is 14.8 Å². The van der Waals surface area contributed by atoms with E-state index >= 15 is 0 Å². The first-order chi connectivity index (χ1) is 12.2. The van der Waals surface area contributed by atoms with Gasteiger partial charge in [-0.25, -0.2) is 13.1 Å².